The van der Waals surface area contributed by atoms with Crippen LogP contribution in [0.15, 0.2) is 0 Å². The van der Waals surface area contributed by atoms with Crippen LogP contribution in [-0.4, -0.2) is 56.3 Å². The van der Waals surface area contributed by atoms with Crippen LogP contribution in [0, 0.1) is 19.8 Å². The third kappa shape index (κ3) is 4.88. The molecule has 1 aromatic carbocycles. The normalized spacial score (nSPS) is 18.7. The molecule has 1 amide bonds. The summed E-state index contributed by atoms with van der Waals surface area (Å²) in [6.45, 7) is 15.6. The second kappa shape index (κ2) is 9.43. The van der Waals surface area contributed by atoms with E-state index in [2.05, 4.69) is 26.6 Å². The van der Waals surface area contributed by atoms with E-state index in [-0.39, 0.29) is 12.5 Å². The van der Waals surface area contributed by atoms with Gasteiger partial charge in [0.25, 0.3) is 0 Å². The third-order valence-electron chi connectivity index (χ3n) is 6.70. The molecule has 0 bridgehead atoms. The first-order valence-electron chi connectivity index (χ1n) is 11.4. The highest BCUT2D eigenvalue weighted by molar-refractivity contribution is 6.89. The largest absolute Gasteiger partial charge is 0.464 e. The second-order valence-electron chi connectivity index (χ2n) is 9.91. The minimum Gasteiger partial charge on any atom is -0.464 e. The number of hydrogen-bond donors (Lipinski definition) is 1. The minimum atomic E-state index is -1.91. The van der Waals surface area contributed by atoms with Gasteiger partial charge in [0.15, 0.2) is 6.10 Å². The molecule has 0 aromatic heterocycles. The fourth-order valence-corrected chi connectivity index (χ4v) is 7.61. The Morgan fingerprint density at radius 3 is 2.42 bits per heavy atom. The maximum Gasteiger partial charge on any atom is 0.339 e. The van der Waals surface area contributed by atoms with Crippen LogP contribution in [0.1, 0.15) is 53.7 Å². The van der Waals surface area contributed by atoms with Crippen molar-refractivity contribution in [2.45, 2.75) is 72.3 Å². The molecule has 0 spiro atoms. The van der Waals surface area contributed by atoms with Gasteiger partial charge in [0, 0.05) is 26.3 Å². The molecular formula is C24H37NO5Si. The number of hydrogen-bond acceptors (Lipinski definition) is 5. The summed E-state index contributed by atoms with van der Waals surface area (Å²) in [6.07, 6.45) is 1.000. The van der Waals surface area contributed by atoms with Crippen molar-refractivity contribution in [3.8, 4) is 0 Å². The van der Waals surface area contributed by atoms with Crippen molar-refractivity contribution in [3.05, 3.63) is 27.8 Å². The molecule has 2 aliphatic rings. The van der Waals surface area contributed by atoms with Gasteiger partial charge in [0.05, 0.1) is 21.1 Å². The van der Waals surface area contributed by atoms with Crippen LogP contribution in [-0.2, 0) is 32.0 Å². The van der Waals surface area contributed by atoms with E-state index in [0.717, 1.165) is 54.5 Å². The highest BCUT2D eigenvalue weighted by atomic mass is 28.3. The molecule has 1 saturated heterocycles. The monoisotopic (exact) mass is 447 g/mol. The Labute approximate surface area is 186 Å². The smallest absolute Gasteiger partial charge is 0.339 e. The summed E-state index contributed by atoms with van der Waals surface area (Å²) in [7, 11) is -1.91. The number of amides is 1. The van der Waals surface area contributed by atoms with Gasteiger partial charge in [-0.2, -0.15) is 0 Å². The molecule has 1 aromatic rings. The topological polar surface area (TPSA) is 76.1 Å². The predicted octanol–water partition coefficient (Wildman–Crippen LogP) is 2.76. The van der Waals surface area contributed by atoms with Gasteiger partial charge in [-0.15, -0.1) is 0 Å². The fourth-order valence-electron chi connectivity index (χ4n) is 5.21. The molecule has 2 heterocycles. The van der Waals surface area contributed by atoms with Crippen molar-refractivity contribution >= 4 is 25.1 Å². The van der Waals surface area contributed by atoms with E-state index in [9.17, 15) is 14.7 Å². The van der Waals surface area contributed by atoms with Gasteiger partial charge in [0.2, 0.25) is 5.91 Å². The zero-order valence-corrected chi connectivity index (χ0v) is 20.8. The molecule has 0 aliphatic carbocycles. The average Bonchev–Trinajstić information content (AvgIpc) is 2.71. The quantitative estimate of drug-likeness (QED) is 0.536. The SMILES string of the molecule is CCOC(=O)[C@@H](O)c1c(C)c2c(c(C)c1[Si](C)(C)C)CN(CC1CCOCC1)C(=O)C2. The van der Waals surface area contributed by atoms with Crippen molar-refractivity contribution < 1.29 is 24.2 Å². The van der Waals surface area contributed by atoms with Gasteiger partial charge in [-0.3, -0.25) is 4.79 Å². The Bertz CT molecular complexity index is 855. The summed E-state index contributed by atoms with van der Waals surface area (Å²) in [5, 5.41) is 12.1. The highest BCUT2D eigenvalue weighted by Gasteiger charge is 2.37. The summed E-state index contributed by atoms with van der Waals surface area (Å²) in [4.78, 5) is 27.5. The summed E-state index contributed by atoms with van der Waals surface area (Å²) in [5.74, 6) is -0.00595. The van der Waals surface area contributed by atoms with Crippen LogP contribution in [0.4, 0.5) is 0 Å². The van der Waals surface area contributed by atoms with Crippen LogP contribution >= 0.6 is 0 Å². The molecule has 1 N–H and O–H groups in total. The van der Waals surface area contributed by atoms with Gasteiger partial charge in [-0.1, -0.05) is 24.8 Å². The average molecular weight is 448 g/mol. The molecule has 0 unspecified atom stereocenters. The molecule has 2 aliphatic heterocycles. The van der Waals surface area contributed by atoms with Crippen molar-refractivity contribution in [1.82, 2.24) is 4.90 Å². The first-order valence-corrected chi connectivity index (χ1v) is 14.9. The van der Waals surface area contributed by atoms with Gasteiger partial charge in [-0.25, -0.2) is 4.79 Å². The number of benzene rings is 1. The van der Waals surface area contributed by atoms with Gasteiger partial charge in [0.1, 0.15) is 0 Å². The molecule has 3 rings (SSSR count). The maximum absolute atomic E-state index is 13.0. The molecular weight excluding hydrogens is 410 g/mol. The fraction of sp³-hybridized carbons (Fsp3) is 0.667. The van der Waals surface area contributed by atoms with Crippen LogP contribution in [0.2, 0.25) is 19.6 Å². The molecule has 6 nitrogen and oxygen atoms in total. The lowest BCUT2D eigenvalue weighted by atomic mass is 9.85. The number of aliphatic hydroxyl groups excluding tert-OH is 1. The zero-order chi connectivity index (χ0) is 22.9. The number of fused-ring (bicyclic) bond motifs is 1. The summed E-state index contributed by atoms with van der Waals surface area (Å²) in [6, 6.07) is 0. The van der Waals surface area contributed by atoms with Crippen LogP contribution in [0.5, 0.6) is 0 Å². The third-order valence-corrected chi connectivity index (χ3v) is 8.84. The Kier molecular flexibility index (Phi) is 7.28. The van der Waals surface area contributed by atoms with Gasteiger partial charge >= 0.3 is 5.97 Å². The Hall–Kier alpha value is -1.70. The van der Waals surface area contributed by atoms with Crippen LogP contribution < -0.4 is 5.19 Å². The first kappa shape index (κ1) is 23.9. The Morgan fingerprint density at radius 2 is 1.84 bits per heavy atom. The maximum atomic E-state index is 13.0. The standard InChI is InChI=1S/C24H37NO5Si/c1-7-30-24(28)22(27)21-15(2)18-12-20(26)25(13-17-8-10-29-11-9-17)14-19(18)16(3)23(21)31(4,5)6/h17,22,27H,7-14H2,1-6H3/t22-/m0/s1. The molecule has 7 heteroatoms. The number of esters is 1. The minimum absolute atomic E-state index is 0.124. The lowest BCUT2D eigenvalue weighted by molar-refractivity contribution is -0.153. The van der Waals surface area contributed by atoms with E-state index in [1.807, 2.05) is 11.8 Å². The van der Waals surface area contributed by atoms with Crippen molar-refractivity contribution in [1.29, 1.82) is 0 Å². The summed E-state index contributed by atoms with van der Waals surface area (Å²) in [5.41, 5.74) is 4.84. The van der Waals surface area contributed by atoms with Crippen molar-refractivity contribution in [2.75, 3.05) is 26.4 Å². The predicted molar refractivity (Wildman–Crippen MR) is 123 cm³/mol. The van der Waals surface area contributed by atoms with E-state index >= 15 is 0 Å². The summed E-state index contributed by atoms with van der Waals surface area (Å²) >= 11 is 0. The molecule has 0 saturated carbocycles. The number of rotatable bonds is 6. The molecule has 31 heavy (non-hydrogen) atoms. The zero-order valence-electron chi connectivity index (χ0n) is 19.8. The number of aliphatic hydroxyl groups is 1. The lowest BCUT2D eigenvalue weighted by Crippen LogP contribution is -2.47. The lowest BCUT2D eigenvalue weighted by Gasteiger charge is -2.38. The number of ether oxygens (including phenoxy) is 2. The summed E-state index contributed by atoms with van der Waals surface area (Å²) < 4.78 is 10.6. The highest BCUT2D eigenvalue weighted by Crippen LogP contribution is 2.33. The molecule has 1 atom stereocenters. The number of carbonyl (C=O) groups excluding carboxylic acids is 2. The van der Waals surface area contributed by atoms with E-state index in [4.69, 9.17) is 9.47 Å². The van der Waals surface area contributed by atoms with E-state index in [1.54, 1.807) is 6.92 Å². The Balaban J connectivity index is 2.05. The van der Waals surface area contributed by atoms with Crippen molar-refractivity contribution in [2.24, 2.45) is 5.92 Å². The molecule has 1 fully saturated rings. The van der Waals surface area contributed by atoms with E-state index in [1.165, 1.54) is 5.56 Å². The van der Waals surface area contributed by atoms with Gasteiger partial charge in [-0.05, 0) is 67.3 Å². The molecule has 0 radical (unpaired) electrons. The van der Waals surface area contributed by atoms with Gasteiger partial charge < -0.3 is 19.5 Å². The van der Waals surface area contributed by atoms with Crippen molar-refractivity contribution in [3.63, 3.8) is 0 Å². The van der Waals surface area contributed by atoms with Crippen LogP contribution in [0.25, 0.3) is 0 Å². The van der Waals surface area contributed by atoms with E-state index in [0.29, 0.717) is 24.4 Å². The number of carbonyl (C=O) groups is 2. The number of nitrogens with zero attached hydrogens (tertiary/aromatic N) is 1. The second-order valence-corrected chi connectivity index (χ2v) is 14.9. The van der Waals surface area contributed by atoms with E-state index < -0.39 is 20.1 Å². The van der Waals surface area contributed by atoms with Crippen LogP contribution in [0.3, 0.4) is 0 Å². The molecule has 172 valence electrons. The first-order chi connectivity index (χ1) is 14.6. The Morgan fingerprint density at radius 1 is 1.19 bits per heavy atom.